The standard InChI is InChI=1S/C21H28N4O3S/c1-15-8-16(2)11-25(10-15)12-17-14-29-21(23-17)24-19(26)9-22-20(27)13-28-18-6-4-3-5-7-18/h3-7,14-16H,8-13H2,1-2H3,(H,22,27)(H,23,24,26). The Labute approximate surface area is 175 Å². The van der Waals surface area contributed by atoms with E-state index in [2.05, 4.69) is 34.4 Å². The van der Waals surface area contributed by atoms with Gasteiger partial charge in [-0.3, -0.25) is 14.5 Å². The van der Waals surface area contributed by atoms with Crippen LogP contribution in [0.5, 0.6) is 5.75 Å². The van der Waals surface area contributed by atoms with Crippen molar-refractivity contribution in [2.75, 3.05) is 31.6 Å². The fourth-order valence-corrected chi connectivity index (χ4v) is 4.36. The Kier molecular flexibility index (Phi) is 7.60. The van der Waals surface area contributed by atoms with Gasteiger partial charge in [-0.05, 0) is 30.4 Å². The van der Waals surface area contributed by atoms with E-state index in [4.69, 9.17) is 4.74 Å². The number of ether oxygens (including phenoxy) is 1. The molecule has 156 valence electrons. The van der Waals surface area contributed by atoms with Crippen LogP contribution in [0.2, 0.25) is 0 Å². The normalized spacial score (nSPS) is 19.5. The Balaban J connectivity index is 1.38. The molecule has 0 spiro atoms. The van der Waals surface area contributed by atoms with E-state index in [9.17, 15) is 9.59 Å². The van der Waals surface area contributed by atoms with Crippen molar-refractivity contribution in [2.24, 2.45) is 11.8 Å². The Morgan fingerprint density at radius 3 is 2.62 bits per heavy atom. The number of likely N-dealkylation sites (tertiary alicyclic amines) is 1. The van der Waals surface area contributed by atoms with Crippen LogP contribution in [0, 0.1) is 11.8 Å². The minimum absolute atomic E-state index is 0.118. The number of piperidine rings is 1. The highest BCUT2D eigenvalue weighted by atomic mass is 32.1. The van der Waals surface area contributed by atoms with Gasteiger partial charge in [0.1, 0.15) is 5.75 Å². The molecular weight excluding hydrogens is 388 g/mol. The van der Waals surface area contributed by atoms with Gasteiger partial charge >= 0.3 is 0 Å². The molecule has 2 aromatic rings. The number of benzene rings is 1. The molecule has 0 saturated carbocycles. The number of carbonyl (C=O) groups excluding carboxylic acids is 2. The molecule has 2 N–H and O–H groups in total. The van der Waals surface area contributed by atoms with E-state index >= 15 is 0 Å². The molecule has 1 aromatic heterocycles. The van der Waals surface area contributed by atoms with Crippen LogP contribution >= 0.6 is 11.3 Å². The molecule has 0 aliphatic carbocycles. The zero-order valence-corrected chi connectivity index (χ0v) is 17.7. The summed E-state index contributed by atoms with van der Waals surface area (Å²) in [6, 6.07) is 9.07. The number of amides is 2. The van der Waals surface area contributed by atoms with Crippen LogP contribution in [0.1, 0.15) is 26.0 Å². The number of nitrogens with one attached hydrogen (secondary N) is 2. The number of anilines is 1. The number of hydrogen-bond donors (Lipinski definition) is 2. The first-order valence-corrected chi connectivity index (χ1v) is 10.8. The molecule has 1 saturated heterocycles. The molecule has 8 heteroatoms. The lowest BCUT2D eigenvalue weighted by atomic mass is 9.92. The smallest absolute Gasteiger partial charge is 0.258 e. The van der Waals surface area contributed by atoms with E-state index in [1.54, 1.807) is 12.1 Å². The molecule has 1 fully saturated rings. The Bertz CT molecular complexity index is 801. The molecule has 1 aliphatic rings. The fraction of sp³-hybridized carbons (Fsp3) is 0.476. The highest BCUT2D eigenvalue weighted by molar-refractivity contribution is 7.13. The zero-order chi connectivity index (χ0) is 20.6. The van der Waals surface area contributed by atoms with Gasteiger partial charge in [0.25, 0.3) is 5.91 Å². The third-order valence-electron chi connectivity index (χ3n) is 4.69. The van der Waals surface area contributed by atoms with Crippen LogP contribution < -0.4 is 15.4 Å². The monoisotopic (exact) mass is 416 g/mol. The summed E-state index contributed by atoms with van der Waals surface area (Å²) in [5, 5.41) is 7.82. The summed E-state index contributed by atoms with van der Waals surface area (Å²) >= 11 is 1.40. The van der Waals surface area contributed by atoms with Gasteiger partial charge in [-0.1, -0.05) is 32.0 Å². The van der Waals surface area contributed by atoms with Crippen LogP contribution in [0.25, 0.3) is 0 Å². The summed E-state index contributed by atoms with van der Waals surface area (Å²) in [7, 11) is 0. The highest BCUT2D eigenvalue weighted by Gasteiger charge is 2.22. The van der Waals surface area contributed by atoms with Crippen molar-refractivity contribution in [1.29, 1.82) is 0 Å². The van der Waals surface area contributed by atoms with Gasteiger partial charge in [0, 0.05) is 25.0 Å². The molecule has 3 rings (SSSR count). The molecular formula is C21H28N4O3S. The summed E-state index contributed by atoms with van der Waals surface area (Å²) in [5.41, 5.74) is 0.965. The van der Waals surface area contributed by atoms with Gasteiger partial charge in [-0.15, -0.1) is 11.3 Å². The number of hydrogen-bond acceptors (Lipinski definition) is 6. The van der Waals surface area contributed by atoms with E-state index in [0.29, 0.717) is 22.7 Å². The van der Waals surface area contributed by atoms with Crippen LogP contribution in [0.4, 0.5) is 5.13 Å². The van der Waals surface area contributed by atoms with E-state index in [-0.39, 0.29) is 25.0 Å². The van der Waals surface area contributed by atoms with E-state index < -0.39 is 0 Å². The quantitative estimate of drug-likeness (QED) is 0.691. The third kappa shape index (κ3) is 7.14. The van der Waals surface area contributed by atoms with Crippen molar-refractivity contribution < 1.29 is 14.3 Å². The lowest BCUT2D eigenvalue weighted by Crippen LogP contribution is -2.38. The number of rotatable bonds is 8. The third-order valence-corrected chi connectivity index (χ3v) is 5.49. The molecule has 7 nitrogen and oxygen atoms in total. The maximum absolute atomic E-state index is 12.1. The first-order valence-electron chi connectivity index (χ1n) is 9.89. The van der Waals surface area contributed by atoms with Crippen molar-refractivity contribution >= 4 is 28.3 Å². The molecule has 1 aromatic carbocycles. The van der Waals surface area contributed by atoms with Crippen LogP contribution in [0.15, 0.2) is 35.7 Å². The Morgan fingerprint density at radius 1 is 1.17 bits per heavy atom. The van der Waals surface area contributed by atoms with Gasteiger partial charge in [0.15, 0.2) is 11.7 Å². The lowest BCUT2D eigenvalue weighted by molar-refractivity contribution is -0.125. The van der Waals surface area contributed by atoms with Gasteiger partial charge in [-0.2, -0.15) is 0 Å². The summed E-state index contributed by atoms with van der Waals surface area (Å²) < 4.78 is 5.35. The van der Waals surface area contributed by atoms with Crippen molar-refractivity contribution in [1.82, 2.24) is 15.2 Å². The topological polar surface area (TPSA) is 83.6 Å². The van der Waals surface area contributed by atoms with E-state index in [1.165, 1.54) is 17.8 Å². The van der Waals surface area contributed by atoms with Crippen molar-refractivity contribution in [2.45, 2.75) is 26.8 Å². The largest absolute Gasteiger partial charge is 0.484 e. The maximum atomic E-state index is 12.1. The zero-order valence-electron chi connectivity index (χ0n) is 16.9. The molecule has 29 heavy (non-hydrogen) atoms. The second kappa shape index (κ2) is 10.4. The Hall–Kier alpha value is -2.45. The van der Waals surface area contributed by atoms with Gasteiger partial charge in [0.2, 0.25) is 5.91 Å². The number of aromatic nitrogens is 1. The lowest BCUT2D eigenvalue weighted by Gasteiger charge is -2.34. The fourth-order valence-electron chi connectivity index (χ4n) is 3.65. The first kappa shape index (κ1) is 21.3. The van der Waals surface area contributed by atoms with Crippen molar-refractivity contribution in [3.05, 3.63) is 41.4 Å². The van der Waals surface area contributed by atoms with Gasteiger partial charge < -0.3 is 15.4 Å². The molecule has 0 bridgehead atoms. The second-order valence-electron chi connectivity index (χ2n) is 7.71. The summed E-state index contributed by atoms with van der Waals surface area (Å²) in [5.74, 6) is 1.35. The summed E-state index contributed by atoms with van der Waals surface area (Å²) in [4.78, 5) is 30.8. The predicted molar refractivity (Wildman–Crippen MR) is 114 cm³/mol. The van der Waals surface area contributed by atoms with Crippen LogP contribution in [-0.2, 0) is 16.1 Å². The molecule has 2 amide bonds. The average molecular weight is 417 g/mol. The van der Waals surface area contributed by atoms with E-state index in [0.717, 1.165) is 25.3 Å². The first-order chi connectivity index (χ1) is 14.0. The molecule has 2 heterocycles. The maximum Gasteiger partial charge on any atom is 0.258 e. The molecule has 2 unspecified atom stereocenters. The van der Waals surface area contributed by atoms with Gasteiger partial charge in [-0.25, -0.2) is 4.98 Å². The van der Waals surface area contributed by atoms with E-state index in [1.807, 2.05) is 23.6 Å². The minimum Gasteiger partial charge on any atom is -0.484 e. The number of carbonyl (C=O) groups is 2. The van der Waals surface area contributed by atoms with Crippen molar-refractivity contribution in [3.8, 4) is 5.75 Å². The number of nitrogens with zero attached hydrogens (tertiary/aromatic N) is 2. The Morgan fingerprint density at radius 2 is 1.90 bits per heavy atom. The average Bonchev–Trinajstić information content (AvgIpc) is 3.11. The van der Waals surface area contributed by atoms with Gasteiger partial charge in [0.05, 0.1) is 12.2 Å². The van der Waals surface area contributed by atoms with Crippen LogP contribution in [-0.4, -0.2) is 47.9 Å². The van der Waals surface area contributed by atoms with Crippen molar-refractivity contribution in [3.63, 3.8) is 0 Å². The molecule has 0 radical (unpaired) electrons. The molecule has 1 aliphatic heterocycles. The minimum atomic E-state index is -0.350. The van der Waals surface area contributed by atoms with Crippen LogP contribution in [0.3, 0.4) is 0 Å². The number of para-hydroxylation sites is 1. The molecule has 2 atom stereocenters. The second-order valence-corrected chi connectivity index (χ2v) is 8.57. The summed E-state index contributed by atoms with van der Waals surface area (Å²) in [6.45, 7) is 7.29. The highest BCUT2D eigenvalue weighted by Crippen LogP contribution is 2.23. The SMILES string of the molecule is CC1CC(C)CN(Cc2csc(NC(=O)CNC(=O)COc3ccccc3)n2)C1. The predicted octanol–water partition coefficient (Wildman–Crippen LogP) is 2.75. The number of thiazole rings is 1. The summed E-state index contributed by atoms with van der Waals surface area (Å²) in [6.07, 6.45) is 1.27.